The lowest BCUT2D eigenvalue weighted by molar-refractivity contribution is -0.137. The predicted molar refractivity (Wildman–Crippen MR) is 130 cm³/mol. The fourth-order valence-electron chi connectivity index (χ4n) is 4.16. The lowest BCUT2D eigenvalue weighted by Gasteiger charge is -2.32. The van der Waals surface area contributed by atoms with Gasteiger partial charge in [-0.05, 0) is 60.7 Å². The number of primary sulfonamides is 1. The van der Waals surface area contributed by atoms with E-state index in [2.05, 4.69) is 10.3 Å². The van der Waals surface area contributed by atoms with Gasteiger partial charge in [0.15, 0.2) is 5.03 Å². The van der Waals surface area contributed by atoms with Crippen molar-refractivity contribution in [1.82, 2.24) is 9.88 Å². The number of carbonyl (C=O) groups excluding carboxylic acids is 1. The number of halogens is 5. The van der Waals surface area contributed by atoms with E-state index in [1.165, 1.54) is 12.1 Å². The van der Waals surface area contributed by atoms with Crippen LogP contribution in [0.5, 0.6) is 0 Å². The Bertz CT molecular complexity index is 1410. The number of aromatic nitrogens is 1. The molecule has 37 heavy (non-hydrogen) atoms. The number of nitrogens with zero attached hydrogens (tertiary/aromatic N) is 2. The number of hydrogen-bond donors (Lipinski definition) is 2. The highest BCUT2D eigenvalue weighted by Gasteiger charge is 2.31. The van der Waals surface area contributed by atoms with Crippen LogP contribution >= 0.6 is 11.6 Å². The minimum atomic E-state index is -4.55. The summed E-state index contributed by atoms with van der Waals surface area (Å²) < 4.78 is 75.9. The van der Waals surface area contributed by atoms with Crippen molar-refractivity contribution in [1.29, 1.82) is 0 Å². The highest BCUT2D eigenvalue weighted by atomic mass is 35.5. The summed E-state index contributed by atoms with van der Waals surface area (Å²) in [7, 11) is -4.37. The summed E-state index contributed by atoms with van der Waals surface area (Å²) in [6.45, 7) is 0.713. The van der Waals surface area contributed by atoms with Crippen molar-refractivity contribution in [2.75, 3.05) is 18.4 Å². The van der Waals surface area contributed by atoms with E-state index in [1.807, 2.05) is 0 Å². The van der Waals surface area contributed by atoms with E-state index in [1.54, 1.807) is 17.0 Å². The van der Waals surface area contributed by atoms with Gasteiger partial charge in [-0.15, -0.1) is 0 Å². The molecule has 1 aliphatic rings. The molecule has 0 bridgehead atoms. The molecule has 1 aromatic heterocycles. The molecule has 4 rings (SSSR count). The zero-order chi connectivity index (χ0) is 27.0. The van der Waals surface area contributed by atoms with E-state index in [-0.39, 0.29) is 28.7 Å². The lowest BCUT2D eigenvalue weighted by atomic mass is 9.89. The number of alkyl halides is 3. The van der Waals surface area contributed by atoms with Gasteiger partial charge in [-0.2, -0.15) is 13.2 Å². The number of pyridine rings is 1. The number of benzene rings is 2. The minimum Gasteiger partial charge on any atom is -0.354 e. The summed E-state index contributed by atoms with van der Waals surface area (Å²) in [5, 5.41) is 6.79. The monoisotopic (exact) mass is 556 g/mol. The molecule has 2 aromatic carbocycles. The quantitative estimate of drug-likeness (QED) is 0.415. The van der Waals surface area contributed by atoms with E-state index in [4.69, 9.17) is 16.7 Å². The Morgan fingerprint density at radius 2 is 1.65 bits per heavy atom. The highest BCUT2D eigenvalue weighted by molar-refractivity contribution is 7.89. The van der Waals surface area contributed by atoms with Crippen LogP contribution in [0.4, 0.5) is 28.9 Å². The maximum atomic E-state index is 13.4. The molecule has 7 nitrogen and oxygen atoms in total. The van der Waals surface area contributed by atoms with Gasteiger partial charge in [0.1, 0.15) is 10.8 Å². The fraction of sp³-hybridized carbons (Fsp3) is 0.250. The van der Waals surface area contributed by atoms with Crippen LogP contribution in [0.1, 0.15) is 40.2 Å². The van der Waals surface area contributed by atoms with Crippen molar-refractivity contribution in [3.63, 3.8) is 0 Å². The molecule has 196 valence electrons. The van der Waals surface area contributed by atoms with Crippen LogP contribution < -0.4 is 10.5 Å². The van der Waals surface area contributed by atoms with Crippen LogP contribution in [0.15, 0.2) is 59.8 Å². The molecule has 0 unspecified atom stereocenters. The summed E-state index contributed by atoms with van der Waals surface area (Å²) in [5.41, 5.74) is -0.0148. The largest absolute Gasteiger partial charge is 0.416 e. The number of nitrogens with one attached hydrogen (secondary N) is 1. The van der Waals surface area contributed by atoms with Gasteiger partial charge in [0.05, 0.1) is 16.8 Å². The first-order valence-corrected chi connectivity index (χ1v) is 13.0. The second kappa shape index (κ2) is 10.3. The molecule has 0 spiro atoms. The molecule has 1 aliphatic heterocycles. The van der Waals surface area contributed by atoms with E-state index >= 15 is 0 Å². The molecular formula is C24H21ClF4N4O3S. The van der Waals surface area contributed by atoms with Gasteiger partial charge in [0, 0.05) is 25.0 Å². The topological polar surface area (TPSA) is 105 Å². The van der Waals surface area contributed by atoms with Gasteiger partial charge in [-0.25, -0.2) is 22.9 Å². The Balaban J connectivity index is 1.61. The van der Waals surface area contributed by atoms with Crippen molar-refractivity contribution in [3.05, 3.63) is 82.3 Å². The van der Waals surface area contributed by atoms with Crippen molar-refractivity contribution in [3.8, 4) is 0 Å². The second-order valence-electron chi connectivity index (χ2n) is 8.53. The summed E-state index contributed by atoms with van der Waals surface area (Å²) >= 11 is 6.29. The van der Waals surface area contributed by atoms with E-state index < -0.39 is 37.7 Å². The van der Waals surface area contributed by atoms with Gasteiger partial charge in [-0.3, -0.25) is 4.79 Å². The Hall–Kier alpha value is -3.22. The van der Waals surface area contributed by atoms with Gasteiger partial charge in [0.2, 0.25) is 0 Å². The predicted octanol–water partition coefficient (Wildman–Crippen LogP) is 5.30. The van der Waals surface area contributed by atoms with Gasteiger partial charge < -0.3 is 10.2 Å². The molecule has 1 fully saturated rings. The molecule has 13 heteroatoms. The zero-order valence-electron chi connectivity index (χ0n) is 19.1. The summed E-state index contributed by atoms with van der Waals surface area (Å²) in [4.78, 5) is 18.7. The molecule has 3 aromatic rings. The van der Waals surface area contributed by atoms with Crippen molar-refractivity contribution < 1.29 is 30.8 Å². The molecule has 1 saturated heterocycles. The number of sulfonamides is 1. The highest BCUT2D eigenvalue weighted by Crippen LogP contribution is 2.36. The van der Waals surface area contributed by atoms with E-state index in [0.29, 0.717) is 25.9 Å². The molecular weight excluding hydrogens is 536 g/mol. The first kappa shape index (κ1) is 26.8. The first-order chi connectivity index (χ1) is 17.3. The van der Waals surface area contributed by atoms with Crippen LogP contribution in [0, 0.1) is 5.82 Å². The third-order valence-electron chi connectivity index (χ3n) is 6.09. The van der Waals surface area contributed by atoms with Crippen LogP contribution in [0.3, 0.4) is 0 Å². The van der Waals surface area contributed by atoms with Gasteiger partial charge >= 0.3 is 6.18 Å². The number of piperidine rings is 1. The van der Waals surface area contributed by atoms with Crippen molar-refractivity contribution in [2.24, 2.45) is 5.14 Å². The van der Waals surface area contributed by atoms with Crippen LogP contribution in [0.2, 0.25) is 5.02 Å². The number of amides is 1. The second-order valence-corrected chi connectivity index (χ2v) is 10.4. The van der Waals surface area contributed by atoms with Crippen LogP contribution in [0.25, 0.3) is 0 Å². The average Bonchev–Trinajstić information content (AvgIpc) is 2.84. The third-order valence-corrected chi connectivity index (χ3v) is 7.42. The maximum Gasteiger partial charge on any atom is 0.416 e. The number of rotatable bonds is 5. The number of nitrogens with two attached hydrogens (primary N) is 1. The Morgan fingerprint density at radius 1 is 1.05 bits per heavy atom. The van der Waals surface area contributed by atoms with Crippen LogP contribution in [-0.4, -0.2) is 37.3 Å². The van der Waals surface area contributed by atoms with Gasteiger partial charge in [-0.1, -0.05) is 23.7 Å². The zero-order valence-corrected chi connectivity index (χ0v) is 20.7. The normalized spacial score (nSPS) is 15.0. The number of anilines is 2. The Morgan fingerprint density at radius 3 is 2.19 bits per heavy atom. The Kier molecular flexibility index (Phi) is 7.45. The van der Waals surface area contributed by atoms with E-state index in [9.17, 15) is 30.8 Å². The number of likely N-dealkylation sites (tertiary alicyclic amines) is 1. The SMILES string of the molecule is NS(=O)(=O)c1ncc(C(=O)N2CCC(c3ccc(F)cc3)CC2)c(Nc2ccc(C(F)(F)F)cc2)c1Cl. The number of carbonyl (C=O) groups is 1. The molecule has 2 heterocycles. The summed E-state index contributed by atoms with van der Waals surface area (Å²) in [6, 6.07) is 10.1. The van der Waals surface area contributed by atoms with E-state index in [0.717, 1.165) is 36.0 Å². The smallest absolute Gasteiger partial charge is 0.354 e. The molecule has 0 aliphatic carbocycles. The van der Waals surface area contributed by atoms with Gasteiger partial charge in [0.25, 0.3) is 15.9 Å². The molecule has 3 N–H and O–H groups in total. The molecule has 0 saturated carbocycles. The van der Waals surface area contributed by atoms with Crippen molar-refractivity contribution in [2.45, 2.75) is 30.0 Å². The minimum absolute atomic E-state index is 0.0717. The first-order valence-electron chi connectivity index (χ1n) is 11.0. The lowest BCUT2D eigenvalue weighted by Crippen LogP contribution is -2.38. The summed E-state index contributed by atoms with van der Waals surface area (Å²) in [6.07, 6.45) is -2.31. The average molecular weight is 557 g/mol. The maximum absolute atomic E-state index is 13.4. The molecule has 0 radical (unpaired) electrons. The standard InChI is InChI=1S/C24H21ClF4N4O3S/c25-20-21(32-18-7-3-16(4-8-18)24(27,28)29)19(13-31-22(20)37(30,35)36)23(34)33-11-9-15(10-12-33)14-1-5-17(26)6-2-14/h1-8,13,15H,9-12H2,(H,31,32)(H2,30,35,36). The van der Waals surface area contributed by atoms with Crippen LogP contribution in [-0.2, 0) is 16.2 Å². The van der Waals surface area contributed by atoms with Crippen molar-refractivity contribution >= 4 is 38.9 Å². The molecule has 0 atom stereocenters. The number of hydrogen-bond acceptors (Lipinski definition) is 5. The third kappa shape index (κ3) is 6.03. The summed E-state index contributed by atoms with van der Waals surface area (Å²) in [5.74, 6) is -0.708. The fourth-order valence-corrected chi connectivity index (χ4v) is 5.23. The Labute approximate surface area is 215 Å². The molecule has 1 amide bonds.